The van der Waals surface area contributed by atoms with E-state index in [1.165, 1.54) is 39.8 Å². The SMILES string of the molecule is CCOC(=O)C1=C(C)N=c2s/c(=C/c3ccc(Sc4nc5ccccc5s4)o3)c(=O)n2[C@@H]1c1ccc(F)cc1. The summed E-state index contributed by atoms with van der Waals surface area (Å²) in [5.74, 6) is -0.477. The van der Waals surface area contributed by atoms with E-state index in [1.54, 1.807) is 49.5 Å². The molecule has 0 fully saturated rings. The van der Waals surface area contributed by atoms with Gasteiger partial charge in [-0.3, -0.25) is 9.36 Å². The number of rotatable bonds is 6. The standard InChI is InChI=1S/C28H20FN3O4S3/c1-3-35-26(34)23-15(2)30-27-32(24(23)16-8-10-17(29)11-9-16)25(33)21(37-27)14-18-12-13-22(36-18)39-28-31-19-6-4-5-7-20(19)38-28/h4-14,24H,3H2,1-2H3/b21-14+/t24-/m1/s1. The van der Waals surface area contributed by atoms with Crippen LogP contribution in [0.15, 0.2) is 95.6 Å². The van der Waals surface area contributed by atoms with Crippen molar-refractivity contribution in [3.8, 4) is 0 Å². The lowest BCUT2D eigenvalue weighted by molar-refractivity contribution is -0.139. The number of aromatic nitrogens is 2. The summed E-state index contributed by atoms with van der Waals surface area (Å²) in [6.45, 7) is 3.59. The number of thiazole rings is 2. The lowest BCUT2D eigenvalue weighted by Gasteiger charge is -2.24. The Hall–Kier alpha value is -3.80. The van der Waals surface area contributed by atoms with Gasteiger partial charge in [-0.1, -0.05) is 35.6 Å². The molecule has 6 rings (SSSR count). The van der Waals surface area contributed by atoms with E-state index in [-0.39, 0.29) is 17.7 Å². The fourth-order valence-electron chi connectivity index (χ4n) is 4.33. The highest BCUT2D eigenvalue weighted by molar-refractivity contribution is 8.01. The van der Waals surface area contributed by atoms with E-state index in [0.29, 0.717) is 31.4 Å². The smallest absolute Gasteiger partial charge is 0.338 e. The first kappa shape index (κ1) is 25.5. The molecule has 1 aliphatic heterocycles. The van der Waals surface area contributed by atoms with Crippen LogP contribution in [-0.2, 0) is 9.53 Å². The van der Waals surface area contributed by atoms with Crippen molar-refractivity contribution >= 4 is 56.7 Å². The number of furan rings is 1. The predicted octanol–water partition coefficient (Wildman–Crippen LogP) is 5.29. The van der Waals surface area contributed by atoms with Gasteiger partial charge >= 0.3 is 5.97 Å². The second-order valence-corrected chi connectivity index (χ2v) is 11.9. The van der Waals surface area contributed by atoms with E-state index in [2.05, 4.69) is 9.98 Å². The van der Waals surface area contributed by atoms with Crippen LogP contribution in [0.4, 0.5) is 4.39 Å². The molecule has 2 aromatic carbocycles. The van der Waals surface area contributed by atoms with E-state index in [0.717, 1.165) is 14.6 Å². The Morgan fingerprint density at radius 2 is 1.95 bits per heavy atom. The van der Waals surface area contributed by atoms with Crippen molar-refractivity contribution in [2.24, 2.45) is 4.99 Å². The molecule has 0 radical (unpaired) electrons. The average Bonchev–Trinajstić information content (AvgIpc) is 3.61. The molecule has 39 heavy (non-hydrogen) atoms. The van der Waals surface area contributed by atoms with Gasteiger partial charge in [0.2, 0.25) is 0 Å². The summed E-state index contributed by atoms with van der Waals surface area (Å²) in [5, 5.41) is 0.651. The van der Waals surface area contributed by atoms with Crippen molar-refractivity contribution in [3.05, 3.63) is 109 Å². The maximum atomic E-state index is 13.7. The molecule has 11 heteroatoms. The number of benzene rings is 2. The maximum absolute atomic E-state index is 13.7. The Bertz CT molecular complexity index is 1900. The normalized spacial score (nSPS) is 15.5. The van der Waals surface area contributed by atoms with Crippen LogP contribution in [0.1, 0.15) is 31.2 Å². The molecule has 0 amide bonds. The Morgan fingerprint density at radius 1 is 1.15 bits per heavy atom. The topological polar surface area (TPSA) is 86.7 Å². The van der Waals surface area contributed by atoms with E-state index in [9.17, 15) is 14.0 Å². The van der Waals surface area contributed by atoms with Crippen LogP contribution >= 0.6 is 34.4 Å². The monoisotopic (exact) mass is 577 g/mol. The first-order valence-corrected chi connectivity index (χ1v) is 14.4. The second-order valence-electron chi connectivity index (χ2n) is 8.56. The summed E-state index contributed by atoms with van der Waals surface area (Å²) in [4.78, 5) is 36.2. The van der Waals surface area contributed by atoms with Crippen molar-refractivity contribution < 1.29 is 18.3 Å². The highest BCUT2D eigenvalue weighted by atomic mass is 32.2. The number of hydrogen-bond donors (Lipinski definition) is 0. The summed E-state index contributed by atoms with van der Waals surface area (Å²) >= 11 is 4.20. The molecule has 4 heterocycles. The third kappa shape index (κ3) is 4.88. The zero-order valence-corrected chi connectivity index (χ0v) is 23.2. The van der Waals surface area contributed by atoms with Gasteiger partial charge in [0.1, 0.15) is 11.6 Å². The zero-order chi connectivity index (χ0) is 27.1. The van der Waals surface area contributed by atoms with Gasteiger partial charge < -0.3 is 9.15 Å². The fraction of sp³-hybridized carbons (Fsp3) is 0.143. The molecule has 0 saturated heterocycles. The number of fused-ring (bicyclic) bond motifs is 2. The predicted molar refractivity (Wildman–Crippen MR) is 149 cm³/mol. The molecule has 0 saturated carbocycles. The van der Waals surface area contributed by atoms with Crippen molar-refractivity contribution in [1.82, 2.24) is 9.55 Å². The molecular weight excluding hydrogens is 558 g/mol. The van der Waals surface area contributed by atoms with Gasteiger partial charge in [-0.05, 0) is 67.6 Å². The van der Waals surface area contributed by atoms with E-state index in [4.69, 9.17) is 9.15 Å². The van der Waals surface area contributed by atoms with Crippen molar-refractivity contribution in [3.63, 3.8) is 0 Å². The van der Waals surface area contributed by atoms with Crippen LogP contribution < -0.4 is 14.9 Å². The largest absolute Gasteiger partial charge is 0.463 e. The van der Waals surface area contributed by atoms with Crippen molar-refractivity contribution in [1.29, 1.82) is 0 Å². The molecule has 0 unspecified atom stereocenters. The third-order valence-electron chi connectivity index (χ3n) is 6.04. The molecule has 1 atom stereocenters. The maximum Gasteiger partial charge on any atom is 0.338 e. The minimum absolute atomic E-state index is 0.173. The molecular formula is C28H20FN3O4S3. The van der Waals surface area contributed by atoms with Crippen LogP contribution in [0, 0.1) is 5.82 Å². The molecule has 0 aliphatic carbocycles. The van der Waals surface area contributed by atoms with Crippen LogP contribution in [0.2, 0.25) is 0 Å². The number of halogens is 1. The summed E-state index contributed by atoms with van der Waals surface area (Å²) in [6.07, 6.45) is 1.66. The molecule has 0 bridgehead atoms. The first-order valence-electron chi connectivity index (χ1n) is 12.0. The number of allylic oxidation sites excluding steroid dienone is 1. The number of nitrogens with zero attached hydrogens (tertiary/aromatic N) is 3. The van der Waals surface area contributed by atoms with Crippen LogP contribution in [0.25, 0.3) is 16.3 Å². The minimum Gasteiger partial charge on any atom is -0.463 e. The summed E-state index contributed by atoms with van der Waals surface area (Å²) in [7, 11) is 0. The lowest BCUT2D eigenvalue weighted by Crippen LogP contribution is -2.39. The number of carbonyl (C=O) groups excluding carboxylic acids is 1. The lowest BCUT2D eigenvalue weighted by atomic mass is 9.96. The van der Waals surface area contributed by atoms with Gasteiger partial charge in [-0.2, -0.15) is 0 Å². The highest BCUT2D eigenvalue weighted by Gasteiger charge is 2.33. The average molecular weight is 578 g/mol. The molecule has 196 valence electrons. The first-order chi connectivity index (χ1) is 18.9. The van der Waals surface area contributed by atoms with Crippen molar-refractivity contribution in [2.75, 3.05) is 6.61 Å². The van der Waals surface area contributed by atoms with Gasteiger partial charge in [-0.15, -0.1) is 11.3 Å². The van der Waals surface area contributed by atoms with Gasteiger partial charge in [0.05, 0.1) is 38.7 Å². The van der Waals surface area contributed by atoms with Gasteiger partial charge in [0.15, 0.2) is 14.2 Å². The quantitative estimate of drug-likeness (QED) is 0.255. The number of para-hydroxylation sites is 1. The molecule has 1 aliphatic rings. The molecule has 7 nitrogen and oxygen atoms in total. The van der Waals surface area contributed by atoms with E-state index in [1.807, 2.05) is 30.3 Å². The Labute approximate surface area is 233 Å². The fourth-order valence-corrected chi connectivity index (χ4v) is 7.32. The number of carbonyl (C=O) groups is 1. The molecule has 0 N–H and O–H groups in total. The Balaban J connectivity index is 1.39. The summed E-state index contributed by atoms with van der Waals surface area (Å²) < 4.78 is 28.8. The third-order valence-corrected chi connectivity index (χ3v) is 9.04. The van der Waals surface area contributed by atoms with E-state index < -0.39 is 17.8 Å². The van der Waals surface area contributed by atoms with Gasteiger partial charge in [-0.25, -0.2) is 19.2 Å². The van der Waals surface area contributed by atoms with Gasteiger partial charge in [0, 0.05) is 6.08 Å². The Morgan fingerprint density at radius 3 is 2.72 bits per heavy atom. The van der Waals surface area contributed by atoms with Crippen molar-refractivity contribution in [2.45, 2.75) is 29.3 Å². The van der Waals surface area contributed by atoms with Gasteiger partial charge in [0.25, 0.3) is 5.56 Å². The van der Waals surface area contributed by atoms with Crippen LogP contribution in [-0.4, -0.2) is 22.1 Å². The molecule has 5 aromatic rings. The summed E-state index contributed by atoms with van der Waals surface area (Å²) in [6, 6.07) is 16.5. The van der Waals surface area contributed by atoms with E-state index >= 15 is 0 Å². The second kappa shape index (κ2) is 10.4. The minimum atomic E-state index is -0.801. The molecule has 0 spiro atoms. The highest BCUT2D eigenvalue weighted by Crippen LogP contribution is 2.35. The zero-order valence-electron chi connectivity index (χ0n) is 20.7. The Kier molecular flexibility index (Phi) is 6.79. The number of ether oxygens (including phenoxy) is 1. The van der Waals surface area contributed by atoms with Crippen LogP contribution in [0.5, 0.6) is 0 Å². The summed E-state index contributed by atoms with van der Waals surface area (Å²) in [5.41, 5.74) is 1.87. The number of hydrogen-bond acceptors (Lipinski definition) is 9. The number of esters is 1. The molecule has 3 aromatic heterocycles. The van der Waals surface area contributed by atoms with Crippen LogP contribution in [0.3, 0.4) is 0 Å².